The maximum atomic E-state index is 13.5. The largest absolute Gasteiger partial charge is 0.383 e. The lowest BCUT2D eigenvalue weighted by atomic mass is 10.1. The van der Waals surface area contributed by atoms with E-state index in [1.54, 1.807) is 12.3 Å². The van der Waals surface area contributed by atoms with E-state index in [-0.39, 0.29) is 12.5 Å². The summed E-state index contributed by atoms with van der Waals surface area (Å²) in [7, 11) is 1.84. The van der Waals surface area contributed by atoms with E-state index in [1.807, 2.05) is 42.3 Å². The van der Waals surface area contributed by atoms with Crippen molar-refractivity contribution in [1.82, 2.24) is 20.3 Å². The Labute approximate surface area is 228 Å². The van der Waals surface area contributed by atoms with Gasteiger partial charge >= 0.3 is 0 Å². The standard InChI is InChI=1S/C26H19F2IN6OS/c1-35(23-7-6-22(37-23)15-3-5-21-17(9-15)24(30)34-13-33-21)25-18(10-16(29)12-31-25)26(36)32-11-14-2-4-19(27)20(28)8-14/h2-10,12-13H,11H2,1H3,(H,32,36)(H2,30,33,34). The molecule has 186 valence electrons. The topological polar surface area (TPSA) is 97.0 Å². The van der Waals surface area contributed by atoms with Crippen LogP contribution in [0.5, 0.6) is 0 Å². The molecule has 7 nitrogen and oxygen atoms in total. The predicted octanol–water partition coefficient (Wildman–Crippen LogP) is 5.92. The molecule has 3 heterocycles. The second-order valence-corrected chi connectivity index (χ2v) is 10.5. The molecule has 5 rings (SSSR count). The van der Waals surface area contributed by atoms with Gasteiger partial charge in [-0.1, -0.05) is 12.1 Å². The van der Waals surface area contributed by atoms with Gasteiger partial charge in [-0.15, -0.1) is 11.3 Å². The van der Waals surface area contributed by atoms with Gasteiger partial charge in [0.25, 0.3) is 5.91 Å². The molecule has 0 radical (unpaired) electrons. The molecule has 0 aliphatic heterocycles. The van der Waals surface area contributed by atoms with Crippen molar-refractivity contribution in [2.75, 3.05) is 17.7 Å². The van der Waals surface area contributed by atoms with Crippen LogP contribution in [0.25, 0.3) is 21.3 Å². The van der Waals surface area contributed by atoms with E-state index >= 15 is 0 Å². The van der Waals surface area contributed by atoms with Crippen molar-refractivity contribution < 1.29 is 13.6 Å². The molecule has 1 amide bonds. The lowest BCUT2D eigenvalue weighted by Gasteiger charge is -2.19. The summed E-state index contributed by atoms with van der Waals surface area (Å²) < 4.78 is 27.5. The lowest BCUT2D eigenvalue weighted by molar-refractivity contribution is 0.0951. The molecule has 37 heavy (non-hydrogen) atoms. The molecule has 0 spiro atoms. The van der Waals surface area contributed by atoms with Gasteiger partial charge in [0.2, 0.25) is 0 Å². The number of fused-ring (bicyclic) bond motifs is 1. The van der Waals surface area contributed by atoms with E-state index in [1.165, 1.54) is 23.7 Å². The summed E-state index contributed by atoms with van der Waals surface area (Å²) in [6.07, 6.45) is 3.12. The van der Waals surface area contributed by atoms with Crippen molar-refractivity contribution in [3.8, 4) is 10.4 Å². The number of hydrogen-bond acceptors (Lipinski definition) is 7. The summed E-state index contributed by atoms with van der Waals surface area (Å²) in [5.74, 6) is -1.38. The summed E-state index contributed by atoms with van der Waals surface area (Å²) >= 11 is 3.63. The third-order valence-corrected chi connectivity index (χ3v) is 7.51. The molecule has 3 N–H and O–H groups in total. The Kier molecular flexibility index (Phi) is 6.98. The van der Waals surface area contributed by atoms with Crippen LogP contribution in [0, 0.1) is 15.2 Å². The summed E-state index contributed by atoms with van der Waals surface area (Å²) in [5, 5.41) is 4.42. The van der Waals surface area contributed by atoms with Gasteiger partial charge in [-0.3, -0.25) is 4.79 Å². The number of aromatic nitrogens is 3. The fourth-order valence-electron chi connectivity index (χ4n) is 3.79. The van der Waals surface area contributed by atoms with E-state index in [0.29, 0.717) is 22.8 Å². The van der Waals surface area contributed by atoms with Gasteiger partial charge in [-0.2, -0.15) is 0 Å². The molecule has 0 atom stereocenters. The smallest absolute Gasteiger partial charge is 0.255 e. The molecular formula is C26H19F2IN6OS. The zero-order valence-corrected chi connectivity index (χ0v) is 22.3. The molecule has 5 aromatic rings. The fraction of sp³-hybridized carbons (Fsp3) is 0.0769. The van der Waals surface area contributed by atoms with Gasteiger partial charge in [0.1, 0.15) is 18.0 Å². The minimum Gasteiger partial charge on any atom is -0.383 e. The number of nitrogens with zero attached hydrogens (tertiary/aromatic N) is 4. The minimum atomic E-state index is -0.960. The van der Waals surface area contributed by atoms with Crippen LogP contribution >= 0.6 is 33.9 Å². The van der Waals surface area contributed by atoms with Crippen molar-refractivity contribution in [1.29, 1.82) is 0 Å². The second kappa shape index (κ2) is 10.3. The molecule has 0 aliphatic carbocycles. The lowest BCUT2D eigenvalue weighted by Crippen LogP contribution is -2.26. The first kappa shape index (κ1) is 25.0. The van der Waals surface area contributed by atoms with Crippen LogP contribution in [0.15, 0.2) is 67.1 Å². The first-order valence-corrected chi connectivity index (χ1v) is 12.9. The van der Waals surface area contributed by atoms with Crippen molar-refractivity contribution in [2.24, 2.45) is 0 Å². The molecule has 0 bridgehead atoms. The predicted molar refractivity (Wildman–Crippen MR) is 150 cm³/mol. The van der Waals surface area contributed by atoms with E-state index in [2.05, 4.69) is 42.9 Å². The number of carbonyl (C=O) groups excluding carboxylic acids is 1. The van der Waals surface area contributed by atoms with E-state index in [4.69, 9.17) is 5.73 Å². The Morgan fingerprint density at radius 1 is 1.05 bits per heavy atom. The Morgan fingerprint density at radius 2 is 1.89 bits per heavy atom. The van der Waals surface area contributed by atoms with Gasteiger partial charge in [-0.05, 0) is 76.2 Å². The molecule has 11 heteroatoms. The third kappa shape index (κ3) is 5.23. The number of pyridine rings is 1. The van der Waals surface area contributed by atoms with Crippen molar-refractivity contribution >= 4 is 67.4 Å². The quantitative estimate of drug-likeness (QED) is 0.227. The molecule has 0 saturated heterocycles. The Balaban J connectivity index is 1.40. The monoisotopic (exact) mass is 628 g/mol. The number of nitrogen functional groups attached to an aromatic ring is 1. The van der Waals surface area contributed by atoms with Gasteiger partial charge in [-0.25, -0.2) is 23.7 Å². The van der Waals surface area contributed by atoms with Gasteiger partial charge < -0.3 is 16.0 Å². The van der Waals surface area contributed by atoms with Crippen molar-refractivity contribution in [2.45, 2.75) is 6.54 Å². The van der Waals surface area contributed by atoms with Crippen LogP contribution < -0.4 is 16.0 Å². The molecule has 0 aliphatic rings. The van der Waals surface area contributed by atoms with Crippen LogP contribution in [0.2, 0.25) is 0 Å². The number of amides is 1. The Bertz CT molecular complexity index is 1640. The zero-order valence-electron chi connectivity index (χ0n) is 19.4. The number of rotatable bonds is 6. The third-order valence-electron chi connectivity index (χ3n) is 5.71. The molecule has 3 aromatic heterocycles. The van der Waals surface area contributed by atoms with Crippen molar-refractivity contribution in [3.63, 3.8) is 0 Å². The number of anilines is 3. The highest BCUT2D eigenvalue weighted by molar-refractivity contribution is 14.1. The average molecular weight is 628 g/mol. The first-order chi connectivity index (χ1) is 17.8. The first-order valence-electron chi connectivity index (χ1n) is 11.0. The van der Waals surface area contributed by atoms with Gasteiger partial charge in [0.15, 0.2) is 11.6 Å². The van der Waals surface area contributed by atoms with Crippen molar-refractivity contribution in [3.05, 3.63) is 93.5 Å². The fourth-order valence-corrected chi connectivity index (χ4v) is 5.21. The minimum absolute atomic E-state index is 0.0443. The number of nitrogens with two attached hydrogens (primary N) is 1. The van der Waals surface area contributed by atoms with Crippen LogP contribution in [0.1, 0.15) is 15.9 Å². The number of benzene rings is 2. The van der Waals surface area contributed by atoms with E-state index in [9.17, 15) is 13.6 Å². The molecule has 0 saturated carbocycles. The van der Waals surface area contributed by atoms with E-state index in [0.717, 1.165) is 42.0 Å². The molecule has 0 fully saturated rings. The second-order valence-electron chi connectivity index (χ2n) is 8.14. The maximum Gasteiger partial charge on any atom is 0.255 e. The summed E-state index contributed by atoms with van der Waals surface area (Å²) in [6, 6.07) is 15.1. The molecule has 2 aromatic carbocycles. The van der Waals surface area contributed by atoms with Crippen LogP contribution in [0.4, 0.5) is 25.4 Å². The molecule has 0 unspecified atom stereocenters. The number of hydrogen-bond donors (Lipinski definition) is 2. The highest BCUT2D eigenvalue weighted by Gasteiger charge is 2.19. The van der Waals surface area contributed by atoms with Gasteiger partial charge in [0.05, 0.1) is 16.1 Å². The SMILES string of the molecule is CN(c1ccc(-c2ccc3ncnc(N)c3c2)s1)c1ncc(I)cc1C(=O)NCc1ccc(F)c(F)c1. The zero-order chi connectivity index (χ0) is 26.1. The summed E-state index contributed by atoms with van der Waals surface area (Å²) in [6.45, 7) is 0.0443. The summed E-state index contributed by atoms with van der Waals surface area (Å²) in [5.41, 5.74) is 8.58. The Morgan fingerprint density at radius 3 is 2.70 bits per heavy atom. The Hall–Kier alpha value is -3.71. The van der Waals surface area contributed by atoms with Crippen LogP contribution in [-0.2, 0) is 6.54 Å². The average Bonchev–Trinajstić information content (AvgIpc) is 3.39. The summed E-state index contributed by atoms with van der Waals surface area (Å²) in [4.78, 5) is 28.8. The highest BCUT2D eigenvalue weighted by Crippen LogP contribution is 2.38. The maximum absolute atomic E-state index is 13.5. The number of thiophene rings is 1. The van der Waals surface area contributed by atoms with E-state index < -0.39 is 11.6 Å². The normalized spacial score (nSPS) is 11.0. The number of carbonyl (C=O) groups is 1. The highest BCUT2D eigenvalue weighted by atomic mass is 127. The number of halogens is 3. The van der Waals surface area contributed by atoms with Crippen LogP contribution in [-0.4, -0.2) is 27.9 Å². The molecular weight excluding hydrogens is 609 g/mol. The van der Waals surface area contributed by atoms with Gasteiger partial charge in [0, 0.05) is 33.6 Å². The van der Waals surface area contributed by atoms with Crippen LogP contribution in [0.3, 0.4) is 0 Å². The number of nitrogens with one attached hydrogen (secondary N) is 1.